The van der Waals surface area contributed by atoms with Gasteiger partial charge in [-0.3, -0.25) is 14.8 Å². The summed E-state index contributed by atoms with van der Waals surface area (Å²) in [6, 6.07) is 13.2. The number of benzene rings is 2. The van der Waals surface area contributed by atoms with Gasteiger partial charge in [0.1, 0.15) is 23.9 Å². The maximum Gasteiger partial charge on any atom is 0.398 e. The Morgan fingerprint density at radius 1 is 1.10 bits per heavy atom. The van der Waals surface area contributed by atoms with Gasteiger partial charge in [-0.2, -0.15) is 13.2 Å². The molecule has 4 rings (SSSR count). The van der Waals surface area contributed by atoms with E-state index in [0.29, 0.717) is 27.7 Å². The first-order chi connectivity index (χ1) is 18.9. The van der Waals surface area contributed by atoms with E-state index in [1.165, 1.54) is 37.6 Å². The van der Waals surface area contributed by atoms with E-state index in [9.17, 15) is 22.4 Å². The SMILES string of the molecule is COc1cc(C(=O)NCC(c2cc(C(C)C)c(C)c(-c3ccc(P)cc3)n2)C(F)(F)F)cc2cc(CF)cnc12. The Balaban J connectivity index is 1.70. The zero-order valence-electron chi connectivity index (χ0n) is 22.6. The van der Waals surface area contributed by atoms with Crippen LogP contribution in [-0.2, 0) is 6.67 Å². The Kier molecular flexibility index (Phi) is 8.74. The van der Waals surface area contributed by atoms with Crippen LogP contribution < -0.4 is 15.4 Å². The number of fused-ring (bicyclic) bond motifs is 1. The number of hydrogen-bond acceptors (Lipinski definition) is 4. The van der Waals surface area contributed by atoms with E-state index >= 15 is 0 Å². The Morgan fingerprint density at radius 2 is 1.80 bits per heavy atom. The van der Waals surface area contributed by atoms with Crippen molar-refractivity contribution >= 4 is 31.4 Å². The van der Waals surface area contributed by atoms with Crippen molar-refractivity contribution in [3.8, 4) is 17.0 Å². The van der Waals surface area contributed by atoms with E-state index in [4.69, 9.17) is 4.74 Å². The first-order valence-electron chi connectivity index (χ1n) is 12.7. The zero-order valence-corrected chi connectivity index (χ0v) is 23.7. The fourth-order valence-electron chi connectivity index (χ4n) is 4.66. The molecule has 2 aromatic heterocycles. The topological polar surface area (TPSA) is 64.1 Å². The number of hydrogen-bond donors (Lipinski definition) is 1. The quantitative estimate of drug-likeness (QED) is 0.187. The van der Waals surface area contributed by atoms with Gasteiger partial charge < -0.3 is 10.1 Å². The second-order valence-electron chi connectivity index (χ2n) is 9.92. The van der Waals surface area contributed by atoms with E-state index < -0.39 is 31.2 Å². The van der Waals surface area contributed by atoms with E-state index in [1.807, 2.05) is 45.0 Å². The van der Waals surface area contributed by atoms with Crippen LogP contribution in [0.15, 0.2) is 54.7 Å². The summed E-state index contributed by atoms with van der Waals surface area (Å²) in [7, 11) is 3.97. The molecule has 2 aromatic carbocycles. The second-order valence-corrected chi connectivity index (χ2v) is 10.6. The number of pyridine rings is 2. The van der Waals surface area contributed by atoms with Crippen molar-refractivity contribution in [2.24, 2.45) is 0 Å². The standard InChI is InChI=1S/C30H30F4N3O2P/c1-16(2)23-12-25(37-27(17(23)3)19-5-7-22(40)8-6-19)24(30(32,33)34)15-36-29(38)21-10-20-9-18(13-31)14-35-28(20)26(11-21)39-4/h5-12,14,16,24H,13,15,40H2,1-4H3,(H,36,38). The smallest absolute Gasteiger partial charge is 0.398 e. The molecule has 0 spiro atoms. The van der Waals surface area contributed by atoms with Gasteiger partial charge in [0, 0.05) is 34.8 Å². The van der Waals surface area contributed by atoms with Crippen LogP contribution in [0.1, 0.15) is 58.4 Å². The Bertz CT molecular complexity index is 1540. The van der Waals surface area contributed by atoms with Crippen molar-refractivity contribution in [3.63, 3.8) is 0 Å². The minimum Gasteiger partial charge on any atom is -0.494 e. The van der Waals surface area contributed by atoms with Gasteiger partial charge in [0.2, 0.25) is 0 Å². The molecule has 0 fully saturated rings. The van der Waals surface area contributed by atoms with E-state index in [-0.39, 0.29) is 22.9 Å². The van der Waals surface area contributed by atoms with Crippen LogP contribution in [0.3, 0.4) is 0 Å². The summed E-state index contributed by atoms with van der Waals surface area (Å²) in [5.74, 6) is -2.56. The molecule has 0 aliphatic carbocycles. The van der Waals surface area contributed by atoms with Crippen molar-refractivity contribution in [3.05, 3.63) is 82.7 Å². The Hall–Kier alpha value is -3.58. The minimum atomic E-state index is -4.67. The van der Waals surface area contributed by atoms with Gasteiger partial charge in [0.25, 0.3) is 5.91 Å². The van der Waals surface area contributed by atoms with Crippen LogP contribution in [0, 0.1) is 6.92 Å². The lowest BCUT2D eigenvalue weighted by molar-refractivity contribution is -0.149. The average molecular weight is 572 g/mol. The molecule has 40 heavy (non-hydrogen) atoms. The number of aromatic nitrogens is 2. The van der Waals surface area contributed by atoms with Gasteiger partial charge in [-0.25, -0.2) is 4.39 Å². The predicted octanol–water partition coefficient (Wildman–Crippen LogP) is 6.78. The molecule has 2 unspecified atom stereocenters. The summed E-state index contributed by atoms with van der Waals surface area (Å²) in [5.41, 5.74) is 3.37. The minimum absolute atomic E-state index is 0.0436. The van der Waals surface area contributed by atoms with Gasteiger partial charge in [0.05, 0.1) is 18.5 Å². The van der Waals surface area contributed by atoms with E-state index in [1.54, 1.807) is 0 Å². The molecule has 2 heterocycles. The number of nitrogens with one attached hydrogen (secondary N) is 1. The van der Waals surface area contributed by atoms with Crippen molar-refractivity contribution in [1.29, 1.82) is 0 Å². The highest BCUT2D eigenvalue weighted by atomic mass is 31.0. The molecule has 210 valence electrons. The zero-order chi connectivity index (χ0) is 29.2. The lowest BCUT2D eigenvalue weighted by Gasteiger charge is -2.24. The maximum atomic E-state index is 14.4. The molecule has 5 nitrogen and oxygen atoms in total. The molecular weight excluding hydrogens is 541 g/mol. The summed E-state index contributed by atoms with van der Waals surface area (Å²) in [4.78, 5) is 21.7. The van der Waals surface area contributed by atoms with Crippen LogP contribution in [-0.4, -0.2) is 35.7 Å². The van der Waals surface area contributed by atoms with Gasteiger partial charge in [-0.1, -0.05) is 38.1 Å². The maximum absolute atomic E-state index is 14.4. The molecule has 0 bridgehead atoms. The van der Waals surface area contributed by atoms with E-state index in [2.05, 4.69) is 24.5 Å². The lowest BCUT2D eigenvalue weighted by atomic mass is 9.91. The second kappa shape index (κ2) is 11.9. The van der Waals surface area contributed by atoms with Crippen molar-refractivity contribution < 1.29 is 27.1 Å². The van der Waals surface area contributed by atoms with E-state index in [0.717, 1.165) is 16.4 Å². The number of amides is 1. The number of halogens is 4. The molecule has 0 aliphatic rings. The normalized spacial score (nSPS) is 12.6. The monoisotopic (exact) mass is 571 g/mol. The molecular formula is C30H30F4N3O2P. The third-order valence-corrected chi connectivity index (χ3v) is 7.18. The number of ether oxygens (including phenoxy) is 1. The third-order valence-electron chi connectivity index (χ3n) is 6.80. The number of carbonyl (C=O) groups is 1. The summed E-state index contributed by atoms with van der Waals surface area (Å²) in [6.45, 7) is 4.23. The molecule has 1 amide bonds. The number of alkyl halides is 4. The molecule has 10 heteroatoms. The Labute approximate surface area is 232 Å². The summed E-state index contributed by atoms with van der Waals surface area (Å²) in [6.07, 6.45) is -3.31. The Morgan fingerprint density at radius 3 is 2.40 bits per heavy atom. The fraction of sp³-hybridized carbons (Fsp3) is 0.300. The molecule has 2 atom stereocenters. The summed E-state index contributed by atoms with van der Waals surface area (Å²) in [5, 5.41) is 3.81. The van der Waals surface area contributed by atoms with Crippen molar-refractivity contribution in [2.75, 3.05) is 13.7 Å². The molecule has 0 aliphatic heterocycles. The first kappa shape index (κ1) is 29.4. The predicted molar refractivity (Wildman–Crippen MR) is 152 cm³/mol. The summed E-state index contributed by atoms with van der Waals surface area (Å²) >= 11 is 0. The van der Waals surface area contributed by atoms with Crippen LogP contribution >= 0.6 is 9.24 Å². The molecule has 0 saturated heterocycles. The highest BCUT2D eigenvalue weighted by Crippen LogP contribution is 2.38. The number of rotatable bonds is 8. The van der Waals surface area contributed by atoms with Crippen LogP contribution in [0.2, 0.25) is 0 Å². The molecule has 0 radical (unpaired) electrons. The van der Waals surface area contributed by atoms with Gasteiger partial charge >= 0.3 is 6.18 Å². The first-order valence-corrected chi connectivity index (χ1v) is 13.3. The van der Waals surface area contributed by atoms with Crippen LogP contribution in [0.25, 0.3) is 22.2 Å². The van der Waals surface area contributed by atoms with Gasteiger partial charge in [-0.05, 0) is 53.5 Å². The molecule has 4 aromatic rings. The molecule has 1 N–H and O–H groups in total. The number of carbonyl (C=O) groups excluding carboxylic acids is 1. The fourth-order valence-corrected chi connectivity index (χ4v) is 4.85. The average Bonchev–Trinajstić information content (AvgIpc) is 2.92. The summed E-state index contributed by atoms with van der Waals surface area (Å²) < 4.78 is 61.8. The van der Waals surface area contributed by atoms with Crippen LogP contribution in [0.5, 0.6) is 5.75 Å². The number of nitrogens with zero attached hydrogens (tertiary/aromatic N) is 2. The molecule has 0 saturated carbocycles. The van der Waals surface area contributed by atoms with Gasteiger partial charge in [-0.15, -0.1) is 9.24 Å². The highest BCUT2D eigenvalue weighted by molar-refractivity contribution is 7.27. The number of methoxy groups -OCH3 is 1. The third kappa shape index (κ3) is 6.25. The van der Waals surface area contributed by atoms with Crippen molar-refractivity contribution in [1.82, 2.24) is 15.3 Å². The lowest BCUT2D eigenvalue weighted by Crippen LogP contribution is -2.35. The van der Waals surface area contributed by atoms with Gasteiger partial charge in [0.15, 0.2) is 0 Å². The largest absolute Gasteiger partial charge is 0.494 e. The highest BCUT2D eigenvalue weighted by Gasteiger charge is 2.42. The van der Waals surface area contributed by atoms with Crippen LogP contribution in [0.4, 0.5) is 17.6 Å². The van der Waals surface area contributed by atoms with Crippen molar-refractivity contribution in [2.45, 2.75) is 45.5 Å².